The molecule has 0 atom stereocenters. The highest BCUT2D eigenvalue weighted by molar-refractivity contribution is 5.26. The average Bonchev–Trinajstić information content (AvgIpc) is 2.31. The molecule has 94 valence electrons. The van der Waals surface area contributed by atoms with Crippen LogP contribution >= 0.6 is 0 Å². The van der Waals surface area contributed by atoms with E-state index in [0.29, 0.717) is 5.92 Å². The lowest BCUT2D eigenvalue weighted by Crippen LogP contribution is -2.11. The van der Waals surface area contributed by atoms with Gasteiger partial charge in [0.25, 0.3) is 0 Å². The molecule has 0 amide bonds. The molecule has 1 saturated carbocycles. The van der Waals surface area contributed by atoms with E-state index in [-0.39, 0.29) is 5.82 Å². The molecule has 1 aromatic rings. The minimum atomic E-state index is -0.0800. The van der Waals surface area contributed by atoms with Crippen molar-refractivity contribution in [1.29, 1.82) is 0 Å². The van der Waals surface area contributed by atoms with Crippen LogP contribution in [0.4, 0.5) is 4.39 Å². The summed E-state index contributed by atoms with van der Waals surface area (Å²) in [6.45, 7) is 6.28. The minimum Gasteiger partial charge on any atom is -0.307 e. The number of rotatable bonds is 1. The van der Waals surface area contributed by atoms with Crippen molar-refractivity contribution in [3.05, 3.63) is 35.1 Å². The lowest BCUT2D eigenvalue weighted by atomic mass is 9.79. The summed E-state index contributed by atoms with van der Waals surface area (Å²) in [7, 11) is 0. The second kappa shape index (κ2) is 6.53. The fraction of sp³-hybridized carbons (Fsp3) is 0.533. The van der Waals surface area contributed by atoms with Crippen LogP contribution in [0.3, 0.4) is 0 Å². The molecule has 1 fully saturated rings. The van der Waals surface area contributed by atoms with E-state index >= 15 is 0 Å². The molecule has 1 aliphatic rings. The van der Waals surface area contributed by atoms with Gasteiger partial charge in [-0.2, -0.15) is 0 Å². The molecule has 0 unspecified atom stereocenters. The van der Waals surface area contributed by atoms with Crippen LogP contribution in [0.25, 0.3) is 0 Å². The topological polar surface area (TPSA) is 17.1 Å². The molecule has 0 heterocycles. The fourth-order valence-electron chi connectivity index (χ4n) is 2.59. The molecule has 2 heteroatoms. The molecule has 0 N–H and O–H groups in total. The van der Waals surface area contributed by atoms with Crippen LogP contribution in [-0.2, 0) is 4.79 Å². The summed E-state index contributed by atoms with van der Waals surface area (Å²) in [5, 5.41) is 0. The van der Waals surface area contributed by atoms with E-state index < -0.39 is 0 Å². The third-order valence-corrected chi connectivity index (χ3v) is 3.55. The fourth-order valence-corrected chi connectivity index (χ4v) is 2.59. The molecular formula is C15H21FO. The Morgan fingerprint density at radius 3 is 2.24 bits per heavy atom. The van der Waals surface area contributed by atoms with Crippen LogP contribution in [0.5, 0.6) is 0 Å². The van der Waals surface area contributed by atoms with Crippen molar-refractivity contribution in [3.63, 3.8) is 0 Å². The first-order valence-electron chi connectivity index (χ1n) is 6.21. The SMILES string of the molecule is C=O.Cc1cc(F)cc(C2CCC(C)CC2)c1. The maximum absolute atomic E-state index is 13.3. The van der Waals surface area contributed by atoms with Crippen LogP contribution in [0.1, 0.15) is 49.7 Å². The zero-order valence-electron chi connectivity index (χ0n) is 10.7. The van der Waals surface area contributed by atoms with Crippen LogP contribution in [0.15, 0.2) is 18.2 Å². The Balaban J connectivity index is 0.000000686. The summed E-state index contributed by atoms with van der Waals surface area (Å²) in [6, 6.07) is 5.46. The molecule has 0 aromatic heterocycles. The molecule has 1 aromatic carbocycles. The normalized spacial score (nSPS) is 23.7. The van der Waals surface area contributed by atoms with Crippen LogP contribution < -0.4 is 0 Å². The summed E-state index contributed by atoms with van der Waals surface area (Å²) in [4.78, 5) is 8.00. The van der Waals surface area contributed by atoms with Gasteiger partial charge in [0.15, 0.2) is 0 Å². The van der Waals surface area contributed by atoms with E-state index in [1.54, 1.807) is 12.1 Å². The lowest BCUT2D eigenvalue weighted by Gasteiger charge is -2.26. The molecule has 0 spiro atoms. The van der Waals surface area contributed by atoms with Gasteiger partial charge in [0.05, 0.1) is 0 Å². The smallest absolute Gasteiger partial charge is 0.123 e. The third-order valence-electron chi connectivity index (χ3n) is 3.55. The standard InChI is InChI=1S/C14H19F.CH2O/c1-10-3-5-12(6-4-10)13-7-11(2)8-14(15)9-13;1-2/h7-10,12H,3-6H2,1-2H3;1H2. The summed E-state index contributed by atoms with van der Waals surface area (Å²) >= 11 is 0. The Bertz CT molecular complexity index is 334. The maximum Gasteiger partial charge on any atom is 0.123 e. The quantitative estimate of drug-likeness (QED) is 0.712. The highest BCUT2D eigenvalue weighted by Crippen LogP contribution is 2.35. The van der Waals surface area contributed by atoms with E-state index in [0.717, 1.165) is 11.5 Å². The average molecular weight is 236 g/mol. The zero-order valence-corrected chi connectivity index (χ0v) is 10.7. The lowest BCUT2D eigenvalue weighted by molar-refractivity contribution is -0.0979. The second-order valence-corrected chi connectivity index (χ2v) is 5.02. The monoisotopic (exact) mass is 236 g/mol. The highest BCUT2D eigenvalue weighted by Gasteiger charge is 2.20. The molecule has 0 aliphatic heterocycles. The number of carbonyl (C=O) groups excluding carboxylic acids is 1. The van der Waals surface area contributed by atoms with Crippen molar-refractivity contribution < 1.29 is 9.18 Å². The molecule has 17 heavy (non-hydrogen) atoms. The van der Waals surface area contributed by atoms with Gasteiger partial charge < -0.3 is 4.79 Å². The first-order chi connectivity index (χ1) is 8.15. The third kappa shape index (κ3) is 3.95. The van der Waals surface area contributed by atoms with Crippen molar-refractivity contribution in [2.45, 2.75) is 45.4 Å². The summed E-state index contributed by atoms with van der Waals surface area (Å²) < 4.78 is 13.3. The predicted octanol–water partition coefficient (Wildman–Crippen LogP) is 4.24. The zero-order chi connectivity index (χ0) is 12.8. The second-order valence-electron chi connectivity index (χ2n) is 5.02. The van der Waals surface area contributed by atoms with Gasteiger partial charge in [-0.1, -0.05) is 25.8 Å². The number of carbonyl (C=O) groups is 1. The van der Waals surface area contributed by atoms with E-state index in [4.69, 9.17) is 4.79 Å². The Labute approximate surface area is 103 Å². The number of aryl methyl sites for hydroxylation is 1. The Kier molecular flexibility index (Phi) is 5.33. The minimum absolute atomic E-state index is 0.0800. The molecule has 0 saturated heterocycles. The summed E-state index contributed by atoms with van der Waals surface area (Å²) in [5.74, 6) is 1.37. The highest BCUT2D eigenvalue weighted by atomic mass is 19.1. The van der Waals surface area contributed by atoms with Crippen molar-refractivity contribution >= 4 is 6.79 Å². The van der Waals surface area contributed by atoms with Gasteiger partial charge in [-0.3, -0.25) is 0 Å². The first-order valence-corrected chi connectivity index (χ1v) is 6.21. The van der Waals surface area contributed by atoms with E-state index in [9.17, 15) is 4.39 Å². The van der Waals surface area contributed by atoms with Crippen LogP contribution in [0.2, 0.25) is 0 Å². The van der Waals surface area contributed by atoms with Gasteiger partial charge in [-0.25, -0.2) is 4.39 Å². The molecule has 1 aliphatic carbocycles. The van der Waals surface area contributed by atoms with Gasteiger partial charge in [0.1, 0.15) is 12.6 Å². The van der Waals surface area contributed by atoms with Gasteiger partial charge >= 0.3 is 0 Å². The van der Waals surface area contributed by atoms with Crippen molar-refractivity contribution in [1.82, 2.24) is 0 Å². The Morgan fingerprint density at radius 1 is 1.12 bits per heavy atom. The number of hydrogen-bond acceptors (Lipinski definition) is 1. The van der Waals surface area contributed by atoms with Crippen molar-refractivity contribution in [2.24, 2.45) is 5.92 Å². The van der Waals surface area contributed by atoms with Crippen LogP contribution in [0, 0.1) is 18.7 Å². The largest absolute Gasteiger partial charge is 0.307 e. The molecular weight excluding hydrogens is 215 g/mol. The van der Waals surface area contributed by atoms with Crippen LogP contribution in [-0.4, -0.2) is 6.79 Å². The number of halogens is 1. The molecule has 0 radical (unpaired) electrons. The van der Waals surface area contributed by atoms with E-state index in [2.05, 4.69) is 13.0 Å². The Morgan fingerprint density at radius 2 is 1.71 bits per heavy atom. The predicted molar refractivity (Wildman–Crippen MR) is 68.6 cm³/mol. The Hall–Kier alpha value is -1.18. The molecule has 2 rings (SSSR count). The summed E-state index contributed by atoms with van der Waals surface area (Å²) in [6.07, 6.45) is 5.04. The molecule has 1 nitrogen and oxygen atoms in total. The number of benzene rings is 1. The van der Waals surface area contributed by atoms with Gasteiger partial charge in [-0.15, -0.1) is 0 Å². The maximum atomic E-state index is 13.3. The summed E-state index contributed by atoms with van der Waals surface area (Å²) in [5.41, 5.74) is 2.25. The van der Waals surface area contributed by atoms with Crippen molar-refractivity contribution in [3.8, 4) is 0 Å². The van der Waals surface area contributed by atoms with E-state index in [1.807, 2.05) is 13.7 Å². The van der Waals surface area contributed by atoms with E-state index in [1.165, 1.54) is 31.2 Å². The molecule has 0 bridgehead atoms. The van der Waals surface area contributed by atoms with Gasteiger partial charge in [0.2, 0.25) is 0 Å². The van der Waals surface area contributed by atoms with Gasteiger partial charge in [-0.05, 0) is 54.9 Å². The number of hydrogen-bond donors (Lipinski definition) is 0. The van der Waals surface area contributed by atoms with Gasteiger partial charge in [0, 0.05) is 0 Å². The van der Waals surface area contributed by atoms with Crippen molar-refractivity contribution in [2.75, 3.05) is 0 Å². The first kappa shape index (κ1) is 13.9.